The molecule has 2 heterocycles. The number of benzene rings is 1. The molecule has 0 bridgehead atoms. The lowest BCUT2D eigenvalue weighted by molar-refractivity contribution is -0.137. The number of halogens is 3. The minimum Gasteiger partial charge on any atom is -0.337 e. The van der Waals surface area contributed by atoms with E-state index in [-0.39, 0.29) is 12.5 Å². The first-order chi connectivity index (χ1) is 13.4. The van der Waals surface area contributed by atoms with Crippen LogP contribution >= 0.6 is 0 Å². The van der Waals surface area contributed by atoms with Gasteiger partial charge in [-0.2, -0.15) is 13.2 Å². The Morgan fingerprint density at radius 1 is 1.14 bits per heavy atom. The lowest BCUT2D eigenvalue weighted by atomic mass is 10.1. The van der Waals surface area contributed by atoms with E-state index < -0.39 is 11.7 Å². The first kappa shape index (κ1) is 20.7. The van der Waals surface area contributed by atoms with Crippen molar-refractivity contribution >= 4 is 5.91 Å². The van der Waals surface area contributed by atoms with Gasteiger partial charge in [0.25, 0.3) is 0 Å². The molecule has 5 nitrogen and oxygen atoms in total. The zero-order valence-electron chi connectivity index (χ0n) is 15.8. The molecule has 3 rings (SSSR count). The Kier molecular flexibility index (Phi) is 6.96. The summed E-state index contributed by atoms with van der Waals surface area (Å²) in [4.78, 5) is 21.8. The highest BCUT2D eigenvalue weighted by Gasteiger charge is 2.30. The number of hydrogen-bond acceptors (Lipinski definition) is 4. The van der Waals surface area contributed by atoms with Gasteiger partial charge in [-0.15, -0.1) is 0 Å². The second-order valence-corrected chi connectivity index (χ2v) is 7.24. The van der Waals surface area contributed by atoms with Crippen molar-refractivity contribution in [3.8, 4) is 0 Å². The van der Waals surface area contributed by atoms with Gasteiger partial charge in [0.05, 0.1) is 18.7 Å². The van der Waals surface area contributed by atoms with E-state index in [1.807, 2.05) is 11.0 Å². The number of carbonyl (C=O) groups is 1. The molecule has 0 saturated carbocycles. The largest absolute Gasteiger partial charge is 0.416 e. The van der Waals surface area contributed by atoms with Gasteiger partial charge in [0.1, 0.15) is 0 Å². The number of piperidine rings is 1. The topological polar surface area (TPSA) is 44.8 Å². The second-order valence-electron chi connectivity index (χ2n) is 7.24. The second kappa shape index (κ2) is 9.43. The molecule has 8 heteroatoms. The molecule has 0 spiro atoms. The van der Waals surface area contributed by atoms with Crippen molar-refractivity contribution in [3.05, 3.63) is 47.2 Å². The van der Waals surface area contributed by atoms with E-state index in [2.05, 4.69) is 10.4 Å². The van der Waals surface area contributed by atoms with E-state index in [1.165, 1.54) is 12.5 Å². The van der Waals surface area contributed by atoms with Crippen molar-refractivity contribution in [1.82, 2.24) is 15.3 Å². The highest BCUT2D eigenvalue weighted by molar-refractivity contribution is 5.78. The van der Waals surface area contributed by atoms with Gasteiger partial charge in [0.2, 0.25) is 5.91 Å². The van der Waals surface area contributed by atoms with Gasteiger partial charge in [0.15, 0.2) is 0 Å². The third-order valence-electron chi connectivity index (χ3n) is 5.07. The summed E-state index contributed by atoms with van der Waals surface area (Å²) < 4.78 is 38.2. The molecule has 1 fully saturated rings. The summed E-state index contributed by atoms with van der Waals surface area (Å²) in [5.41, 5.74) is 3.40. The molecule has 0 radical (unpaired) electrons. The van der Waals surface area contributed by atoms with Gasteiger partial charge in [-0.3, -0.25) is 20.0 Å². The third-order valence-corrected chi connectivity index (χ3v) is 5.07. The van der Waals surface area contributed by atoms with Crippen LogP contribution in [-0.2, 0) is 22.4 Å². The standard InChI is InChI=1S/C20H26F3N3O2/c21-20(22,23)17-6-4-5-16(13-17)15-28-24-18-7-11-26(12-8-18)19(27)14-25-9-2-1-3-10-25/h4-7,13,24H,1-3,8-12,14-15H2. The molecule has 0 aliphatic carbocycles. The zero-order valence-corrected chi connectivity index (χ0v) is 15.8. The molecule has 0 unspecified atom stereocenters. The maximum Gasteiger partial charge on any atom is 0.416 e. The van der Waals surface area contributed by atoms with Crippen LogP contribution in [0.2, 0.25) is 0 Å². The monoisotopic (exact) mass is 397 g/mol. The number of carbonyl (C=O) groups excluding carboxylic acids is 1. The van der Waals surface area contributed by atoms with Crippen LogP contribution in [0.4, 0.5) is 13.2 Å². The number of nitrogens with zero attached hydrogens (tertiary/aromatic N) is 2. The van der Waals surface area contributed by atoms with Crippen molar-refractivity contribution in [3.63, 3.8) is 0 Å². The first-order valence-electron chi connectivity index (χ1n) is 9.65. The number of rotatable bonds is 6. The van der Waals surface area contributed by atoms with Crippen LogP contribution in [0.25, 0.3) is 0 Å². The van der Waals surface area contributed by atoms with Gasteiger partial charge in [0, 0.05) is 25.2 Å². The molecule has 2 aliphatic rings. The molecular weight excluding hydrogens is 371 g/mol. The predicted molar refractivity (Wildman–Crippen MR) is 98.9 cm³/mol. The molecule has 1 N–H and O–H groups in total. The maximum atomic E-state index is 12.7. The van der Waals surface area contributed by atoms with E-state index >= 15 is 0 Å². The Bertz CT molecular complexity index is 700. The lowest BCUT2D eigenvalue weighted by Crippen LogP contribution is -2.44. The van der Waals surface area contributed by atoms with Gasteiger partial charge in [-0.25, -0.2) is 0 Å². The normalized spacial score (nSPS) is 18.7. The van der Waals surface area contributed by atoms with Gasteiger partial charge in [-0.1, -0.05) is 18.6 Å². The Hall–Kier alpha value is -2.06. The molecule has 154 valence electrons. The molecule has 1 saturated heterocycles. The SMILES string of the molecule is O=C(CN1CCCCC1)N1CC=C(NOCc2cccc(C(F)(F)F)c2)CC1. The summed E-state index contributed by atoms with van der Waals surface area (Å²) in [7, 11) is 0. The van der Waals surface area contributed by atoms with Crippen LogP contribution in [0.1, 0.15) is 36.8 Å². The minimum atomic E-state index is -4.36. The summed E-state index contributed by atoms with van der Waals surface area (Å²) in [5.74, 6) is 0.141. The predicted octanol–water partition coefficient (Wildman–Crippen LogP) is 3.33. The average molecular weight is 397 g/mol. The summed E-state index contributed by atoms with van der Waals surface area (Å²) in [6, 6.07) is 5.08. The summed E-state index contributed by atoms with van der Waals surface area (Å²) >= 11 is 0. The van der Waals surface area contributed by atoms with Gasteiger partial charge >= 0.3 is 6.18 Å². The zero-order chi connectivity index (χ0) is 20.0. The van der Waals surface area contributed by atoms with Crippen LogP contribution in [0.15, 0.2) is 36.0 Å². The smallest absolute Gasteiger partial charge is 0.337 e. The number of amides is 1. The fourth-order valence-corrected chi connectivity index (χ4v) is 3.45. The van der Waals surface area contributed by atoms with Crippen molar-refractivity contribution in [1.29, 1.82) is 0 Å². The number of hydrogen-bond donors (Lipinski definition) is 1. The average Bonchev–Trinajstić information content (AvgIpc) is 2.69. The van der Waals surface area contributed by atoms with Crippen LogP contribution < -0.4 is 5.48 Å². The van der Waals surface area contributed by atoms with E-state index in [4.69, 9.17) is 4.84 Å². The summed E-state index contributed by atoms with van der Waals surface area (Å²) in [6.07, 6.45) is 1.72. The van der Waals surface area contributed by atoms with E-state index in [0.717, 1.165) is 43.8 Å². The fraction of sp³-hybridized carbons (Fsp3) is 0.550. The highest BCUT2D eigenvalue weighted by Crippen LogP contribution is 2.29. The quantitative estimate of drug-likeness (QED) is 0.748. The van der Waals surface area contributed by atoms with Crippen LogP contribution in [0, 0.1) is 0 Å². The van der Waals surface area contributed by atoms with Crippen LogP contribution in [0.5, 0.6) is 0 Å². The molecule has 0 aromatic heterocycles. The molecular formula is C20H26F3N3O2. The lowest BCUT2D eigenvalue weighted by Gasteiger charge is -2.31. The number of nitrogens with one attached hydrogen (secondary N) is 1. The van der Waals surface area contributed by atoms with Gasteiger partial charge < -0.3 is 4.90 Å². The molecule has 1 aromatic carbocycles. The Labute approximate surface area is 163 Å². The third kappa shape index (κ3) is 5.97. The molecule has 28 heavy (non-hydrogen) atoms. The number of likely N-dealkylation sites (tertiary alicyclic amines) is 1. The number of hydroxylamine groups is 1. The fourth-order valence-electron chi connectivity index (χ4n) is 3.45. The van der Waals surface area contributed by atoms with Crippen molar-refractivity contribution < 1.29 is 22.8 Å². The van der Waals surface area contributed by atoms with Crippen LogP contribution in [0.3, 0.4) is 0 Å². The summed E-state index contributed by atoms with van der Waals surface area (Å²) in [5, 5.41) is 0. The Morgan fingerprint density at radius 2 is 1.93 bits per heavy atom. The van der Waals surface area contributed by atoms with Crippen molar-refractivity contribution in [2.75, 3.05) is 32.7 Å². The number of alkyl halides is 3. The molecule has 1 aromatic rings. The Morgan fingerprint density at radius 3 is 2.61 bits per heavy atom. The first-order valence-corrected chi connectivity index (χ1v) is 9.65. The Balaban J connectivity index is 1.41. The molecule has 0 atom stereocenters. The van der Waals surface area contributed by atoms with Crippen molar-refractivity contribution in [2.24, 2.45) is 0 Å². The minimum absolute atomic E-state index is 0.0267. The summed E-state index contributed by atoms with van der Waals surface area (Å²) in [6.45, 7) is 3.61. The molecule has 2 aliphatic heterocycles. The van der Waals surface area contributed by atoms with Crippen molar-refractivity contribution in [2.45, 2.75) is 38.5 Å². The molecule has 1 amide bonds. The van der Waals surface area contributed by atoms with E-state index in [1.54, 1.807) is 6.07 Å². The van der Waals surface area contributed by atoms with Crippen LogP contribution in [-0.4, -0.2) is 48.4 Å². The van der Waals surface area contributed by atoms with Gasteiger partial charge in [-0.05, 0) is 49.7 Å². The van der Waals surface area contributed by atoms with E-state index in [9.17, 15) is 18.0 Å². The maximum absolute atomic E-state index is 12.7. The van der Waals surface area contributed by atoms with E-state index in [0.29, 0.717) is 31.6 Å². The highest BCUT2D eigenvalue weighted by atomic mass is 19.4.